The average molecular weight is 381 g/mol. The Hall–Kier alpha value is -2.14. The number of aromatic nitrogens is 2. The lowest BCUT2D eigenvalue weighted by Crippen LogP contribution is -2.34. The van der Waals surface area contributed by atoms with E-state index < -0.39 is 0 Å². The summed E-state index contributed by atoms with van der Waals surface area (Å²) in [6.45, 7) is 7.02. The van der Waals surface area contributed by atoms with Crippen molar-refractivity contribution in [3.63, 3.8) is 0 Å². The molecule has 1 N–H and O–H groups in total. The maximum Gasteiger partial charge on any atom is 0.223 e. The van der Waals surface area contributed by atoms with E-state index in [4.69, 9.17) is 5.10 Å². The highest BCUT2D eigenvalue weighted by Crippen LogP contribution is 2.26. The fourth-order valence-electron chi connectivity index (χ4n) is 4.18. The second-order valence-electron chi connectivity index (χ2n) is 8.43. The first kappa shape index (κ1) is 19.2. The summed E-state index contributed by atoms with van der Waals surface area (Å²) < 4.78 is 2.14. The molecule has 1 amide bonds. The number of nitrogens with one attached hydrogen (secondary N) is 1. The van der Waals surface area contributed by atoms with Crippen molar-refractivity contribution in [2.45, 2.75) is 64.6 Å². The standard InChI is InChI=1S/C23H32N4O/c1-18(19-7-3-2-4-8-19)11-14-26-12-6-13-27-22(17-26)15-21(25-27)16-24-23(28)20-9-5-10-20/h2-4,7-8,15,18,20H,5-6,9-14,16-17H2,1H3,(H,24,28)/t18-/m1/s1. The summed E-state index contributed by atoms with van der Waals surface area (Å²) >= 11 is 0. The minimum absolute atomic E-state index is 0.200. The van der Waals surface area contributed by atoms with Gasteiger partial charge in [0.2, 0.25) is 5.91 Å². The van der Waals surface area contributed by atoms with Crippen molar-refractivity contribution in [3.05, 3.63) is 53.3 Å². The predicted octanol–water partition coefficient (Wildman–Crippen LogP) is 3.70. The normalized spacial score (nSPS) is 18.8. The fourth-order valence-corrected chi connectivity index (χ4v) is 4.18. The van der Waals surface area contributed by atoms with Gasteiger partial charge in [0, 0.05) is 25.6 Å². The maximum atomic E-state index is 12.1. The van der Waals surface area contributed by atoms with Crippen molar-refractivity contribution in [3.8, 4) is 0 Å². The number of hydrogen-bond acceptors (Lipinski definition) is 3. The molecular formula is C23H32N4O. The van der Waals surface area contributed by atoms with Crippen molar-refractivity contribution < 1.29 is 4.79 Å². The lowest BCUT2D eigenvalue weighted by Gasteiger charge is -2.23. The van der Waals surface area contributed by atoms with E-state index in [2.05, 4.69) is 58.2 Å². The van der Waals surface area contributed by atoms with E-state index in [9.17, 15) is 4.79 Å². The molecule has 2 heterocycles. The minimum atomic E-state index is 0.200. The minimum Gasteiger partial charge on any atom is -0.350 e. The fraction of sp³-hybridized carbons (Fsp3) is 0.565. The third kappa shape index (κ3) is 4.64. The Morgan fingerprint density at radius 1 is 1.21 bits per heavy atom. The molecule has 2 aromatic rings. The molecule has 0 radical (unpaired) electrons. The van der Waals surface area contributed by atoms with Crippen LogP contribution in [0.25, 0.3) is 0 Å². The Bertz CT molecular complexity index is 781. The van der Waals surface area contributed by atoms with Crippen LogP contribution in [-0.4, -0.2) is 33.7 Å². The van der Waals surface area contributed by atoms with Crippen LogP contribution in [0, 0.1) is 5.92 Å². The monoisotopic (exact) mass is 380 g/mol. The second kappa shape index (κ2) is 8.91. The molecule has 1 aromatic heterocycles. The van der Waals surface area contributed by atoms with Gasteiger partial charge < -0.3 is 5.32 Å². The SMILES string of the molecule is C[C@H](CCN1CCCn2nc(CNC(=O)C3CCC3)cc2C1)c1ccccc1. The molecule has 1 aliphatic carbocycles. The van der Waals surface area contributed by atoms with E-state index in [1.165, 1.54) is 24.1 Å². The van der Waals surface area contributed by atoms with E-state index in [1.807, 2.05) is 0 Å². The van der Waals surface area contributed by atoms with Crippen LogP contribution in [0.2, 0.25) is 0 Å². The highest BCUT2D eigenvalue weighted by molar-refractivity contribution is 5.79. The Morgan fingerprint density at radius 2 is 2.04 bits per heavy atom. The Kier molecular flexibility index (Phi) is 6.10. The van der Waals surface area contributed by atoms with Gasteiger partial charge >= 0.3 is 0 Å². The van der Waals surface area contributed by atoms with Gasteiger partial charge in [-0.25, -0.2) is 0 Å². The van der Waals surface area contributed by atoms with Crippen molar-refractivity contribution in [1.29, 1.82) is 0 Å². The number of rotatable bonds is 7. The summed E-state index contributed by atoms with van der Waals surface area (Å²) in [6, 6.07) is 13.0. The van der Waals surface area contributed by atoms with Crippen LogP contribution in [0.15, 0.2) is 36.4 Å². The maximum absolute atomic E-state index is 12.1. The molecule has 150 valence electrons. The van der Waals surface area contributed by atoms with Crippen LogP contribution in [-0.2, 0) is 24.4 Å². The lowest BCUT2D eigenvalue weighted by molar-refractivity contribution is -0.127. The van der Waals surface area contributed by atoms with E-state index >= 15 is 0 Å². The average Bonchev–Trinajstić information content (AvgIpc) is 2.95. The molecular weight excluding hydrogens is 348 g/mol. The first-order valence-corrected chi connectivity index (χ1v) is 10.8. The smallest absolute Gasteiger partial charge is 0.223 e. The molecule has 1 aliphatic heterocycles. The number of aryl methyl sites for hydroxylation is 1. The van der Waals surface area contributed by atoms with Crippen molar-refractivity contribution in [1.82, 2.24) is 20.0 Å². The van der Waals surface area contributed by atoms with E-state index in [-0.39, 0.29) is 11.8 Å². The molecule has 5 nitrogen and oxygen atoms in total. The van der Waals surface area contributed by atoms with Crippen LogP contribution in [0.3, 0.4) is 0 Å². The van der Waals surface area contributed by atoms with Crippen molar-refractivity contribution >= 4 is 5.91 Å². The number of benzene rings is 1. The number of amides is 1. The molecule has 0 spiro atoms. The molecule has 2 aliphatic rings. The van der Waals surface area contributed by atoms with Gasteiger partial charge in [-0.15, -0.1) is 0 Å². The molecule has 1 saturated carbocycles. The van der Waals surface area contributed by atoms with E-state index in [0.29, 0.717) is 12.5 Å². The number of fused-ring (bicyclic) bond motifs is 1. The van der Waals surface area contributed by atoms with Crippen LogP contribution >= 0.6 is 0 Å². The van der Waals surface area contributed by atoms with Gasteiger partial charge in [0.15, 0.2) is 0 Å². The van der Waals surface area contributed by atoms with Crippen molar-refractivity contribution in [2.75, 3.05) is 13.1 Å². The van der Waals surface area contributed by atoms with Gasteiger partial charge in [-0.05, 0) is 49.8 Å². The zero-order valence-electron chi connectivity index (χ0n) is 16.9. The van der Waals surface area contributed by atoms with Crippen LogP contribution in [0.5, 0.6) is 0 Å². The Balaban J connectivity index is 1.30. The summed E-state index contributed by atoms with van der Waals surface area (Å²) in [7, 11) is 0. The second-order valence-corrected chi connectivity index (χ2v) is 8.43. The first-order valence-electron chi connectivity index (χ1n) is 10.8. The summed E-state index contributed by atoms with van der Waals surface area (Å²) in [4.78, 5) is 14.6. The molecule has 4 rings (SSSR count). The van der Waals surface area contributed by atoms with Crippen LogP contribution in [0.1, 0.15) is 61.9 Å². The summed E-state index contributed by atoms with van der Waals surface area (Å²) in [5, 5.41) is 7.81. The van der Waals surface area contributed by atoms with Crippen LogP contribution in [0.4, 0.5) is 0 Å². The number of carbonyl (C=O) groups excluding carboxylic acids is 1. The molecule has 0 bridgehead atoms. The van der Waals surface area contributed by atoms with Crippen molar-refractivity contribution in [2.24, 2.45) is 5.92 Å². The number of carbonyl (C=O) groups is 1. The zero-order chi connectivity index (χ0) is 19.3. The molecule has 1 atom stereocenters. The van der Waals surface area contributed by atoms with E-state index in [1.54, 1.807) is 0 Å². The summed E-state index contributed by atoms with van der Waals surface area (Å²) in [5.41, 5.74) is 3.69. The zero-order valence-corrected chi connectivity index (χ0v) is 16.9. The largest absolute Gasteiger partial charge is 0.350 e. The molecule has 0 saturated heterocycles. The molecule has 0 unspecified atom stereocenters. The Morgan fingerprint density at radius 3 is 2.79 bits per heavy atom. The highest BCUT2D eigenvalue weighted by Gasteiger charge is 2.25. The van der Waals surface area contributed by atoms with Gasteiger partial charge in [0.25, 0.3) is 0 Å². The highest BCUT2D eigenvalue weighted by atomic mass is 16.1. The first-order chi connectivity index (χ1) is 13.7. The molecule has 5 heteroatoms. The molecule has 1 fully saturated rings. The summed E-state index contributed by atoms with van der Waals surface area (Å²) in [6.07, 6.45) is 5.57. The number of hydrogen-bond donors (Lipinski definition) is 1. The van der Waals surface area contributed by atoms with Crippen LogP contribution < -0.4 is 5.32 Å². The van der Waals surface area contributed by atoms with E-state index in [0.717, 1.165) is 51.1 Å². The van der Waals surface area contributed by atoms with Gasteiger partial charge in [0.1, 0.15) is 0 Å². The van der Waals surface area contributed by atoms with Gasteiger partial charge in [0.05, 0.1) is 17.9 Å². The van der Waals surface area contributed by atoms with Gasteiger partial charge in [-0.1, -0.05) is 43.7 Å². The molecule has 28 heavy (non-hydrogen) atoms. The van der Waals surface area contributed by atoms with Gasteiger partial charge in [-0.2, -0.15) is 5.10 Å². The quantitative estimate of drug-likeness (QED) is 0.797. The number of nitrogens with zero attached hydrogens (tertiary/aromatic N) is 3. The topological polar surface area (TPSA) is 50.2 Å². The third-order valence-corrected chi connectivity index (χ3v) is 6.31. The lowest BCUT2D eigenvalue weighted by atomic mass is 9.85. The molecule has 1 aromatic carbocycles. The Labute approximate surface area is 168 Å². The predicted molar refractivity (Wildman–Crippen MR) is 111 cm³/mol. The summed E-state index contributed by atoms with van der Waals surface area (Å²) in [5.74, 6) is 1.01. The third-order valence-electron chi connectivity index (χ3n) is 6.31. The van der Waals surface area contributed by atoms with Gasteiger partial charge in [-0.3, -0.25) is 14.4 Å².